The average molecular weight is 388 g/mol. The van der Waals surface area contributed by atoms with Crippen molar-refractivity contribution in [3.05, 3.63) is 69.3 Å². The van der Waals surface area contributed by atoms with Gasteiger partial charge in [-0.25, -0.2) is 43.9 Å². The van der Waals surface area contributed by atoms with E-state index in [-0.39, 0.29) is 12.4 Å². The number of rotatable bonds is 3. The molecule has 26 heavy (non-hydrogen) atoms. The highest BCUT2D eigenvalue weighted by molar-refractivity contribution is 5.83. The van der Waals surface area contributed by atoms with Crippen molar-refractivity contribution in [2.24, 2.45) is 10.2 Å². The van der Waals surface area contributed by atoms with Gasteiger partial charge in [-0.05, 0) is 0 Å². The normalized spacial score (nSPS) is 11.9. The van der Waals surface area contributed by atoms with E-state index in [1.807, 2.05) is 0 Å². The molecule has 0 spiro atoms. The van der Waals surface area contributed by atoms with Gasteiger partial charge in [0.25, 0.3) is 0 Å². The van der Waals surface area contributed by atoms with Gasteiger partial charge in [0, 0.05) is 0 Å². The SMILES string of the molecule is Fc1c(F)c(F)c(/C=N/N=C/c2c(F)c(F)c(F)c(F)c2F)c(F)c1F. The van der Waals surface area contributed by atoms with E-state index in [2.05, 4.69) is 10.2 Å². The first-order valence-electron chi connectivity index (χ1n) is 6.18. The van der Waals surface area contributed by atoms with Gasteiger partial charge in [-0.3, -0.25) is 0 Å². The summed E-state index contributed by atoms with van der Waals surface area (Å²) in [6, 6.07) is 0. The van der Waals surface area contributed by atoms with Crippen molar-refractivity contribution in [1.29, 1.82) is 0 Å². The Morgan fingerprint density at radius 2 is 0.538 bits per heavy atom. The van der Waals surface area contributed by atoms with Gasteiger partial charge in [0.2, 0.25) is 11.6 Å². The van der Waals surface area contributed by atoms with Gasteiger partial charge in [0.05, 0.1) is 23.6 Å². The highest BCUT2D eigenvalue weighted by Gasteiger charge is 2.25. The molecule has 0 saturated heterocycles. The summed E-state index contributed by atoms with van der Waals surface area (Å²) in [5, 5.41) is 5.54. The van der Waals surface area contributed by atoms with Crippen molar-refractivity contribution in [3.8, 4) is 0 Å². The van der Waals surface area contributed by atoms with Crippen LogP contribution in [-0.4, -0.2) is 12.4 Å². The third kappa shape index (κ3) is 3.13. The van der Waals surface area contributed by atoms with Crippen molar-refractivity contribution < 1.29 is 43.9 Å². The zero-order chi connectivity index (χ0) is 19.8. The molecule has 0 saturated carbocycles. The summed E-state index contributed by atoms with van der Waals surface area (Å²) in [6.45, 7) is 0. The Labute approximate surface area is 137 Å². The number of halogens is 10. The lowest BCUT2D eigenvalue weighted by atomic mass is 10.2. The lowest BCUT2D eigenvalue weighted by Gasteiger charge is -2.03. The van der Waals surface area contributed by atoms with Crippen LogP contribution < -0.4 is 0 Å². The van der Waals surface area contributed by atoms with Crippen LogP contribution in [0.3, 0.4) is 0 Å². The molecule has 2 aromatic carbocycles. The Balaban J connectivity index is 2.43. The molecule has 0 aliphatic rings. The second-order valence-electron chi connectivity index (χ2n) is 4.46. The third-order valence-electron chi connectivity index (χ3n) is 2.93. The van der Waals surface area contributed by atoms with Crippen LogP contribution in [0.4, 0.5) is 43.9 Å². The van der Waals surface area contributed by atoms with Crippen LogP contribution in [0, 0.1) is 58.2 Å². The third-order valence-corrected chi connectivity index (χ3v) is 2.93. The highest BCUT2D eigenvalue weighted by Crippen LogP contribution is 2.23. The monoisotopic (exact) mass is 388 g/mol. The number of hydrogen-bond acceptors (Lipinski definition) is 2. The Morgan fingerprint density at radius 3 is 0.769 bits per heavy atom. The molecule has 0 amide bonds. The molecule has 0 aromatic heterocycles. The Hall–Kier alpha value is -2.92. The van der Waals surface area contributed by atoms with Crippen LogP contribution in [-0.2, 0) is 0 Å². The van der Waals surface area contributed by atoms with Gasteiger partial charge in [-0.1, -0.05) is 0 Å². The van der Waals surface area contributed by atoms with Crippen molar-refractivity contribution in [1.82, 2.24) is 0 Å². The molecule has 0 fully saturated rings. The van der Waals surface area contributed by atoms with Crippen LogP contribution >= 0.6 is 0 Å². The maximum atomic E-state index is 13.3. The van der Waals surface area contributed by atoms with E-state index in [1.54, 1.807) is 0 Å². The van der Waals surface area contributed by atoms with E-state index in [1.165, 1.54) is 0 Å². The highest BCUT2D eigenvalue weighted by atomic mass is 19.2. The number of nitrogens with zero attached hydrogens (tertiary/aromatic N) is 2. The summed E-state index contributed by atoms with van der Waals surface area (Å²) in [6.07, 6.45) is -0.00235. The predicted octanol–water partition coefficient (Wildman–Crippen LogP) is 4.53. The summed E-state index contributed by atoms with van der Waals surface area (Å²) in [5.41, 5.74) is -3.06. The van der Waals surface area contributed by atoms with Crippen LogP contribution in [0.15, 0.2) is 10.2 Å². The quantitative estimate of drug-likeness (QED) is 0.243. The molecule has 2 rings (SSSR count). The van der Waals surface area contributed by atoms with E-state index in [0.29, 0.717) is 0 Å². The van der Waals surface area contributed by atoms with E-state index in [4.69, 9.17) is 0 Å². The fraction of sp³-hybridized carbons (Fsp3) is 0. The molecular formula is C14H2F10N2. The second-order valence-corrected chi connectivity index (χ2v) is 4.46. The summed E-state index contributed by atoms with van der Waals surface area (Å²) < 4.78 is 131. The van der Waals surface area contributed by atoms with Crippen LogP contribution in [0.2, 0.25) is 0 Å². The van der Waals surface area contributed by atoms with Crippen molar-refractivity contribution >= 4 is 12.4 Å². The summed E-state index contributed by atoms with van der Waals surface area (Å²) >= 11 is 0. The van der Waals surface area contributed by atoms with E-state index < -0.39 is 69.3 Å². The Bertz CT molecular complexity index is 816. The zero-order valence-corrected chi connectivity index (χ0v) is 11.8. The summed E-state index contributed by atoms with van der Waals surface area (Å²) in [4.78, 5) is 0. The molecule has 2 nitrogen and oxygen atoms in total. The molecule has 0 aliphatic carbocycles. The molecular weight excluding hydrogens is 386 g/mol. The first kappa shape index (κ1) is 19.4. The molecule has 138 valence electrons. The van der Waals surface area contributed by atoms with Gasteiger partial charge in [-0.2, -0.15) is 10.2 Å². The Kier molecular flexibility index (Phi) is 5.33. The van der Waals surface area contributed by atoms with Gasteiger partial charge >= 0.3 is 0 Å². The standard InChI is InChI=1S/C14H2F10N2/c15-5-3(6(16)10(20)13(23)9(5)19)1-25-26-2-4-7(17)11(21)14(24)12(22)8(4)18/h1-2H/b25-1+,26-2+. The van der Waals surface area contributed by atoms with Gasteiger partial charge in [0.1, 0.15) is 0 Å². The second kappa shape index (κ2) is 7.14. The van der Waals surface area contributed by atoms with Crippen LogP contribution in [0.5, 0.6) is 0 Å². The molecule has 12 heteroatoms. The van der Waals surface area contributed by atoms with Gasteiger partial charge < -0.3 is 0 Å². The fourth-order valence-corrected chi connectivity index (χ4v) is 1.65. The predicted molar refractivity (Wildman–Crippen MR) is 67.7 cm³/mol. The largest absolute Gasteiger partial charge is 0.203 e. The zero-order valence-electron chi connectivity index (χ0n) is 11.8. The molecule has 0 atom stereocenters. The first-order chi connectivity index (χ1) is 12.1. The van der Waals surface area contributed by atoms with E-state index in [9.17, 15) is 43.9 Å². The molecule has 0 aliphatic heterocycles. The maximum Gasteiger partial charge on any atom is 0.200 e. The lowest BCUT2D eigenvalue weighted by molar-refractivity contribution is 0.377. The smallest absolute Gasteiger partial charge is 0.200 e. The molecule has 0 heterocycles. The maximum absolute atomic E-state index is 13.3. The fourth-order valence-electron chi connectivity index (χ4n) is 1.65. The molecule has 0 N–H and O–H groups in total. The molecule has 0 bridgehead atoms. The minimum Gasteiger partial charge on any atom is -0.203 e. The number of hydrogen-bond donors (Lipinski definition) is 0. The summed E-state index contributed by atoms with van der Waals surface area (Å²) in [7, 11) is 0. The summed E-state index contributed by atoms with van der Waals surface area (Å²) in [5.74, 6) is -23.1. The minimum atomic E-state index is -2.43. The van der Waals surface area contributed by atoms with E-state index >= 15 is 0 Å². The molecule has 0 unspecified atom stereocenters. The first-order valence-corrected chi connectivity index (χ1v) is 6.18. The lowest BCUT2D eigenvalue weighted by Crippen LogP contribution is -2.07. The molecule has 0 radical (unpaired) electrons. The van der Waals surface area contributed by atoms with Crippen molar-refractivity contribution in [3.63, 3.8) is 0 Å². The van der Waals surface area contributed by atoms with Crippen molar-refractivity contribution in [2.45, 2.75) is 0 Å². The number of benzene rings is 2. The van der Waals surface area contributed by atoms with Crippen LogP contribution in [0.25, 0.3) is 0 Å². The van der Waals surface area contributed by atoms with Gasteiger partial charge in [0.15, 0.2) is 46.5 Å². The Morgan fingerprint density at radius 1 is 0.346 bits per heavy atom. The van der Waals surface area contributed by atoms with E-state index in [0.717, 1.165) is 0 Å². The van der Waals surface area contributed by atoms with Gasteiger partial charge in [-0.15, -0.1) is 0 Å². The van der Waals surface area contributed by atoms with Crippen molar-refractivity contribution in [2.75, 3.05) is 0 Å². The topological polar surface area (TPSA) is 24.7 Å². The molecule has 2 aromatic rings. The average Bonchev–Trinajstić information content (AvgIpc) is 2.63. The minimum absolute atomic E-state index is 0.00118. The van der Waals surface area contributed by atoms with Crippen LogP contribution in [0.1, 0.15) is 11.1 Å².